The minimum Gasteiger partial charge on any atom is -0.357 e. The van der Waals surface area contributed by atoms with Crippen LogP contribution in [0.15, 0.2) is 47.5 Å². The molecule has 0 radical (unpaired) electrons. The second kappa shape index (κ2) is 12.6. The average molecular weight is 518 g/mol. The quantitative estimate of drug-likeness (QED) is 0.177. The molecule has 0 fully saturated rings. The lowest BCUT2D eigenvalue weighted by molar-refractivity contribution is -0.385. The minimum atomic E-state index is -0.404. The molecule has 0 amide bonds. The van der Waals surface area contributed by atoms with Crippen molar-refractivity contribution in [1.29, 1.82) is 0 Å². The number of hydrogen-bond acceptors (Lipinski definition) is 4. The van der Waals surface area contributed by atoms with Crippen molar-refractivity contribution >= 4 is 47.4 Å². The van der Waals surface area contributed by atoms with Crippen LogP contribution in [0.1, 0.15) is 23.6 Å². The van der Waals surface area contributed by atoms with E-state index in [1.54, 1.807) is 42.1 Å². The Hall–Kier alpha value is -1.88. The zero-order valence-corrected chi connectivity index (χ0v) is 18.9. The van der Waals surface area contributed by atoms with Crippen molar-refractivity contribution in [2.24, 2.45) is 4.99 Å². The first-order chi connectivity index (χ1) is 13.0. The van der Waals surface area contributed by atoms with E-state index >= 15 is 0 Å². The molecule has 0 saturated carbocycles. The fourth-order valence-corrected chi connectivity index (χ4v) is 3.14. The summed E-state index contributed by atoms with van der Waals surface area (Å²) in [4.78, 5) is 15.2. The van der Waals surface area contributed by atoms with Gasteiger partial charge in [0.1, 0.15) is 5.82 Å². The van der Waals surface area contributed by atoms with Gasteiger partial charge >= 0.3 is 0 Å². The summed E-state index contributed by atoms with van der Waals surface area (Å²) in [5.41, 5.74) is 2.52. The van der Waals surface area contributed by atoms with Crippen LogP contribution in [0.3, 0.4) is 0 Å². The molecular weight excluding hydrogens is 494 g/mol. The van der Waals surface area contributed by atoms with Gasteiger partial charge in [0, 0.05) is 24.9 Å². The van der Waals surface area contributed by atoms with E-state index in [0.29, 0.717) is 24.6 Å². The summed E-state index contributed by atoms with van der Waals surface area (Å²) < 4.78 is 13.5. The van der Waals surface area contributed by atoms with Crippen LogP contribution < -0.4 is 10.6 Å². The van der Waals surface area contributed by atoms with E-state index in [1.807, 2.05) is 13.2 Å². The number of guanidine groups is 1. The van der Waals surface area contributed by atoms with Crippen LogP contribution in [-0.4, -0.2) is 23.7 Å². The number of nitrogens with zero attached hydrogens (tertiary/aromatic N) is 2. The number of halogens is 2. The summed E-state index contributed by atoms with van der Waals surface area (Å²) in [5.74, 6) is 1.02. The van der Waals surface area contributed by atoms with Gasteiger partial charge in [-0.25, -0.2) is 9.38 Å². The molecule has 0 aliphatic heterocycles. The maximum Gasteiger partial charge on any atom is 0.274 e. The predicted molar refractivity (Wildman–Crippen MR) is 124 cm³/mol. The van der Waals surface area contributed by atoms with Crippen LogP contribution in [0.4, 0.5) is 10.1 Å². The maximum atomic E-state index is 13.5. The third-order valence-corrected chi connectivity index (χ3v) is 4.45. The van der Waals surface area contributed by atoms with Crippen molar-refractivity contribution < 1.29 is 9.31 Å². The average Bonchev–Trinajstić information content (AvgIpc) is 2.65. The summed E-state index contributed by atoms with van der Waals surface area (Å²) in [6, 6.07) is 11.3. The number of nitrogens with one attached hydrogen (secondary N) is 2. The Morgan fingerprint density at radius 1 is 1.18 bits per heavy atom. The van der Waals surface area contributed by atoms with Gasteiger partial charge in [-0.2, -0.15) is 11.8 Å². The van der Waals surface area contributed by atoms with Gasteiger partial charge in [-0.05, 0) is 36.4 Å². The van der Waals surface area contributed by atoms with E-state index in [-0.39, 0.29) is 42.0 Å². The van der Waals surface area contributed by atoms with Crippen LogP contribution in [-0.2, 0) is 18.8 Å². The van der Waals surface area contributed by atoms with Crippen molar-refractivity contribution in [1.82, 2.24) is 10.6 Å². The second-order valence-corrected chi connectivity index (χ2v) is 6.65. The number of aliphatic imine (C=N–C) groups is 1. The van der Waals surface area contributed by atoms with E-state index in [9.17, 15) is 14.5 Å². The van der Waals surface area contributed by atoms with Crippen molar-refractivity contribution in [2.75, 3.05) is 12.8 Å². The zero-order chi connectivity index (χ0) is 19.6. The Morgan fingerprint density at radius 3 is 2.61 bits per heavy atom. The highest BCUT2D eigenvalue weighted by atomic mass is 127. The molecule has 0 atom stereocenters. The maximum absolute atomic E-state index is 13.5. The number of benzene rings is 2. The minimum absolute atomic E-state index is 0. The first kappa shape index (κ1) is 24.2. The number of nitro benzene ring substituents is 1. The Morgan fingerprint density at radius 2 is 1.93 bits per heavy atom. The van der Waals surface area contributed by atoms with Crippen LogP contribution >= 0.6 is 35.7 Å². The molecule has 0 saturated heterocycles. The van der Waals surface area contributed by atoms with Crippen molar-refractivity contribution in [3.63, 3.8) is 0 Å². The third kappa shape index (κ3) is 7.27. The van der Waals surface area contributed by atoms with E-state index in [4.69, 9.17) is 0 Å². The molecule has 2 rings (SSSR count). The van der Waals surface area contributed by atoms with Gasteiger partial charge in [-0.15, -0.1) is 24.0 Å². The molecule has 0 spiro atoms. The highest BCUT2D eigenvalue weighted by Gasteiger charge is 2.12. The van der Waals surface area contributed by atoms with Gasteiger partial charge in [-0.1, -0.05) is 24.3 Å². The summed E-state index contributed by atoms with van der Waals surface area (Å²) in [5, 5.41) is 17.5. The molecule has 2 N–H and O–H groups in total. The van der Waals surface area contributed by atoms with Gasteiger partial charge in [0.25, 0.3) is 5.69 Å². The topological polar surface area (TPSA) is 79.6 Å². The molecular formula is C19H24FIN4O2S. The SMILES string of the molecule is CCNC(=NCc1ccccc1[N+](=O)[O-])NCc1ccc(F)cc1CSC.I. The summed E-state index contributed by atoms with van der Waals surface area (Å²) in [6.45, 7) is 3.27. The van der Waals surface area contributed by atoms with E-state index in [2.05, 4.69) is 15.6 Å². The van der Waals surface area contributed by atoms with E-state index < -0.39 is 4.92 Å². The first-order valence-corrected chi connectivity index (χ1v) is 9.95. The standard InChI is InChI=1S/C19H23FN4O2S.HI/c1-3-21-19(23-12-15-6-4-5-7-18(15)24(25)26)22-11-14-8-9-17(20)10-16(14)13-27-2;/h4-10H,3,11-13H2,1-2H3,(H2,21,22,23);1H. The summed E-state index contributed by atoms with van der Waals surface area (Å²) in [7, 11) is 0. The van der Waals surface area contributed by atoms with Gasteiger partial charge in [-0.3, -0.25) is 10.1 Å². The Balaban J connectivity index is 0.00000392. The lowest BCUT2D eigenvalue weighted by atomic mass is 10.1. The highest BCUT2D eigenvalue weighted by molar-refractivity contribution is 14.0. The third-order valence-electron chi connectivity index (χ3n) is 3.85. The molecule has 28 heavy (non-hydrogen) atoms. The molecule has 0 aliphatic carbocycles. The number of nitro groups is 1. The molecule has 0 aliphatic rings. The monoisotopic (exact) mass is 518 g/mol. The normalized spacial score (nSPS) is 10.9. The van der Waals surface area contributed by atoms with Crippen molar-refractivity contribution in [3.05, 3.63) is 75.1 Å². The number of hydrogen-bond donors (Lipinski definition) is 2. The molecule has 9 heteroatoms. The summed E-state index contributed by atoms with van der Waals surface area (Å²) in [6.07, 6.45) is 1.97. The van der Waals surface area contributed by atoms with Crippen LogP contribution in [0.2, 0.25) is 0 Å². The first-order valence-electron chi connectivity index (χ1n) is 8.55. The molecule has 0 aromatic heterocycles. The Labute approximate surface area is 185 Å². The van der Waals surface area contributed by atoms with E-state index in [1.165, 1.54) is 12.1 Å². The zero-order valence-electron chi connectivity index (χ0n) is 15.8. The van der Waals surface area contributed by atoms with Gasteiger partial charge in [0.2, 0.25) is 0 Å². The van der Waals surface area contributed by atoms with Crippen LogP contribution in [0, 0.1) is 15.9 Å². The smallest absolute Gasteiger partial charge is 0.274 e. The van der Waals surface area contributed by atoms with Gasteiger partial charge < -0.3 is 10.6 Å². The lowest BCUT2D eigenvalue weighted by Crippen LogP contribution is -2.37. The Kier molecular flexibility index (Phi) is 10.8. The van der Waals surface area contributed by atoms with Crippen molar-refractivity contribution in [2.45, 2.75) is 25.8 Å². The highest BCUT2D eigenvalue weighted by Crippen LogP contribution is 2.19. The number of para-hydroxylation sites is 1. The lowest BCUT2D eigenvalue weighted by Gasteiger charge is -2.14. The molecule has 6 nitrogen and oxygen atoms in total. The largest absolute Gasteiger partial charge is 0.357 e. The molecule has 0 bridgehead atoms. The van der Waals surface area contributed by atoms with Gasteiger partial charge in [0.15, 0.2) is 5.96 Å². The summed E-state index contributed by atoms with van der Waals surface area (Å²) >= 11 is 1.63. The van der Waals surface area contributed by atoms with Gasteiger partial charge in [0.05, 0.1) is 17.0 Å². The fourth-order valence-electron chi connectivity index (χ4n) is 2.56. The fraction of sp³-hybridized carbons (Fsp3) is 0.316. The van der Waals surface area contributed by atoms with E-state index in [0.717, 1.165) is 16.9 Å². The van der Waals surface area contributed by atoms with Crippen LogP contribution in [0.5, 0.6) is 0 Å². The molecule has 2 aromatic carbocycles. The molecule has 0 heterocycles. The molecule has 0 unspecified atom stereocenters. The number of thioether (sulfide) groups is 1. The number of rotatable bonds is 8. The Bertz CT molecular complexity index is 820. The van der Waals surface area contributed by atoms with Crippen molar-refractivity contribution in [3.8, 4) is 0 Å². The second-order valence-electron chi connectivity index (χ2n) is 5.78. The van der Waals surface area contributed by atoms with Crippen LogP contribution in [0.25, 0.3) is 0 Å². The molecule has 2 aromatic rings. The predicted octanol–water partition coefficient (Wildman–Crippen LogP) is 4.47. The molecule has 152 valence electrons.